The molecule has 0 spiro atoms. The van der Waals surface area contributed by atoms with Crippen LogP contribution >= 0.6 is 0 Å². The number of ether oxygens (including phenoxy) is 3. The number of methoxy groups -OCH3 is 1. The molecule has 0 heterocycles. The first-order valence-electron chi connectivity index (χ1n) is 6.54. The van der Waals surface area contributed by atoms with E-state index in [9.17, 15) is 4.79 Å². The Balaban J connectivity index is 2.38. The molecule has 0 aliphatic heterocycles. The molecule has 1 amide bonds. The van der Waals surface area contributed by atoms with Crippen LogP contribution in [-0.2, 0) is 9.47 Å². The summed E-state index contributed by atoms with van der Waals surface area (Å²) in [4.78, 5) is 11.5. The number of rotatable bonds is 5. The number of nitrogens with one attached hydrogen (secondary N) is 2. The lowest BCUT2D eigenvalue weighted by atomic mass is 10.2. The maximum Gasteiger partial charge on any atom is 0.412 e. The number of carbonyl (C=O) groups is 1. The zero-order chi connectivity index (χ0) is 15.9. The van der Waals surface area contributed by atoms with Crippen LogP contribution in [0.4, 0.5) is 4.79 Å². The molecule has 0 saturated carbocycles. The lowest BCUT2D eigenvalue weighted by Crippen LogP contribution is -2.32. The molecule has 0 fully saturated rings. The van der Waals surface area contributed by atoms with Crippen LogP contribution in [0.5, 0.6) is 5.75 Å². The van der Waals surface area contributed by atoms with Gasteiger partial charge in [0.05, 0.1) is 19.3 Å². The van der Waals surface area contributed by atoms with Gasteiger partial charge in [-0.2, -0.15) is 0 Å². The molecule has 1 radical (unpaired) electrons. The molecule has 0 atom stereocenters. The lowest BCUT2D eigenvalue weighted by molar-refractivity contribution is -0.0226. The van der Waals surface area contributed by atoms with E-state index in [1.54, 1.807) is 18.2 Å². The van der Waals surface area contributed by atoms with Crippen molar-refractivity contribution in [2.24, 2.45) is 0 Å². The zero-order valence-electron chi connectivity index (χ0n) is 12.8. The van der Waals surface area contributed by atoms with E-state index in [4.69, 9.17) is 19.6 Å². The molecule has 1 aromatic rings. The van der Waals surface area contributed by atoms with Crippen LogP contribution in [0.3, 0.4) is 0 Å². The fourth-order valence-corrected chi connectivity index (χ4v) is 1.41. The number of hydrogen-bond acceptors (Lipinski definition) is 5. The molecule has 6 nitrogen and oxygen atoms in total. The average molecular weight is 293 g/mol. The van der Waals surface area contributed by atoms with Gasteiger partial charge in [0.1, 0.15) is 18.2 Å². The summed E-state index contributed by atoms with van der Waals surface area (Å²) in [5, 5.41) is 10.1. The van der Waals surface area contributed by atoms with Crippen molar-refractivity contribution in [3.8, 4) is 5.75 Å². The van der Waals surface area contributed by atoms with Gasteiger partial charge in [-0.15, -0.1) is 0 Å². The van der Waals surface area contributed by atoms with Crippen LogP contribution in [0.15, 0.2) is 18.2 Å². The zero-order valence-corrected chi connectivity index (χ0v) is 12.8. The van der Waals surface area contributed by atoms with Crippen LogP contribution in [-0.4, -0.2) is 37.9 Å². The third kappa shape index (κ3) is 6.76. The van der Waals surface area contributed by atoms with Crippen molar-refractivity contribution in [1.82, 2.24) is 5.32 Å². The molecule has 21 heavy (non-hydrogen) atoms. The first-order valence-corrected chi connectivity index (χ1v) is 6.54. The minimum Gasteiger partial charge on any atom is -0.496 e. The van der Waals surface area contributed by atoms with E-state index >= 15 is 0 Å². The summed E-state index contributed by atoms with van der Waals surface area (Å²) in [5.74, 6) is 0.426. The highest BCUT2D eigenvalue weighted by Crippen LogP contribution is 2.11. The fourth-order valence-electron chi connectivity index (χ4n) is 1.41. The van der Waals surface area contributed by atoms with Crippen LogP contribution < -0.4 is 10.1 Å². The van der Waals surface area contributed by atoms with Gasteiger partial charge < -0.3 is 14.2 Å². The van der Waals surface area contributed by atoms with Crippen molar-refractivity contribution in [3.05, 3.63) is 29.8 Å². The molecule has 0 bridgehead atoms. The summed E-state index contributed by atoms with van der Waals surface area (Å²) in [5.41, 5.74) is 0.234. The lowest BCUT2D eigenvalue weighted by Gasteiger charge is -2.19. The van der Waals surface area contributed by atoms with E-state index < -0.39 is 6.09 Å². The van der Waals surface area contributed by atoms with Crippen molar-refractivity contribution in [2.45, 2.75) is 26.4 Å². The predicted octanol–water partition coefficient (Wildman–Crippen LogP) is 2.36. The molecule has 1 aromatic carbocycles. The van der Waals surface area contributed by atoms with E-state index in [0.29, 0.717) is 17.9 Å². The maximum atomic E-state index is 11.5. The van der Waals surface area contributed by atoms with Crippen molar-refractivity contribution in [2.75, 3.05) is 20.3 Å². The van der Waals surface area contributed by atoms with Gasteiger partial charge in [-0.05, 0) is 32.9 Å². The molecule has 2 N–H and O–H groups in total. The smallest absolute Gasteiger partial charge is 0.412 e. The van der Waals surface area contributed by atoms with Gasteiger partial charge in [0.25, 0.3) is 0 Å². The number of amides is 1. The Morgan fingerprint density at radius 2 is 2.10 bits per heavy atom. The van der Waals surface area contributed by atoms with E-state index in [-0.39, 0.29) is 18.0 Å². The summed E-state index contributed by atoms with van der Waals surface area (Å²) in [6, 6.07) is 7.71. The number of alkyl carbamates (subject to hydrolysis) is 1. The quantitative estimate of drug-likeness (QED) is 0.496. The number of hydrogen-bond donors (Lipinski definition) is 2. The van der Waals surface area contributed by atoms with Crippen molar-refractivity contribution >= 4 is 11.9 Å². The minimum absolute atomic E-state index is 0.0657. The first kappa shape index (κ1) is 17.0. The summed E-state index contributed by atoms with van der Waals surface area (Å²) in [7, 11) is 1.51. The van der Waals surface area contributed by atoms with Gasteiger partial charge in [-0.3, -0.25) is 10.7 Å². The monoisotopic (exact) mass is 293 g/mol. The minimum atomic E-state index is -0.690. The van der Waals surface area contributed by atoms with Crippen LogP contribution in [0, 0.1) is 11.5 Å². The molecule has 0 saturated heterocycles. The van der Waals surface area contributed by atoms with Gasteiger partial charge in [-0.25, -0.2) is 4.79 Å². The molecular formula is C15H21N2O4. The first-order chi connectivity index (χ1) is 9.81. The molecule has 6 heteroatoms. The van der Waals surface area contributed by atoms with Gasteiger partial charge in [-0.1, -0.05) is 6.07 Å². The number of amidine groups is 1. The number of carbonyl (C=O) groups excluding carboxylic acids is 1. The molecule has 0 aliphatic rings. The summed E-state index contributed by atoms with van der Waals surface area (Å²) in [6.45, 7) is 6.19. The van der Waals surface area contributed by atoms with Gasteiger partial charge in [0.2, 0.25) is 0 Å². The molecular weight excluding hydrogens is 272 g/mol. The third-order valence-corrected chi connectivity index (χ3v) is 2.36. The van der Waals surface area contributed by atoms with Crippen LogP contribution in [0.1, 0.15) is 26.3 Å². The normalized spacial score (nSPS) is 10.9. The highest BCUT2D eigenvalue weighted by Gasteiger charge is 2.11. The van der Waals surface area contributed by atoms with Crippen molar-refractivity contribution < 1.29 is 19.0 Å². The Bertz CT molecular complexity index is 495. The predicted molar refractivity (Wildman–Crippen MR) is 78.8 cm³/mol. The van der Waals surface area contributed by atoms with Gasteiger partial charge in [0.15, 0.2) is 0 Å². The molecule has 0 unspecified atom stereocenters. The third-order valence-electron chi connectivity index (χ3n) is 2.36. The SMILES string of the molecule is COc1[c]ccc(C(=N)NC(=O)OCCOC(C)(C)C)c1. The fraction of sp³-hybridized carbons (Fsp3) is 0.467. The van der Waals surface area contributed by atoms with E-state index in [2.05, 4.69) is 11.4 Å². The Morgan fingerprint density at radius 3 is 2.71 bits per heavy atom. The summed E-state index contributed by atoms with van der Waals surface area (Å²) < 4.78 is 15.4. The highest BCUT2D eigenvalue weighted by molar-refractivity contribution is 6.04. The Morgan fingerprint density at radius 1 is 1.38 bits per heavy atom. The Labute approximate surface area is 124 Å². The van der Waals surface area contributed by atoms with Crippen molar-refractivity contribution in [3.63, 3.8) is 0 Å². The van der Waals surface area contributed by atoms with E-state index in [0.717, 1.165) is 0 Å². The van der Waals surface area contributed by atoms with Gasteiger partial charge >= 0.3 is 6.09 Å². The van der Waals surface area contributed by atoms with Crippen molar-refractivity contribution in [1.29, 1.82) is 5.41 Å². The number of benzene rings is 1. The van der Waals surface area contributed by atoms with Gasteiger partial charge in [0, 0.05) is 11.6 Å². The molecule has 0 aromatic heterocycles. The highest BCUT2D eigenvalue weighted by atomic mass is 16.6. The molecule has 115 valence electrons. The summed E-state index contributed by atoms with van der Waals surface area (Å²) >= 11 is 0. The second-order valence-electron chi connectivity index (χ2n) is 5.24. The van der Waals surface area contributed by atoms with E-state index in [1.807, 2.05) is 20.8 Å². The largest absolute Gasteiger partial charge is 0.496 e. The topological polar surface area (TPSA) is 80.6 Å². The summed E-state index contributed by atoms with van der Waals surface area (Å²) in [6.07, 6.45) is -0.690. The van der Waals surface area contributed by atoms with Crippen LogP contribution in [0.2, 0.25) is 0 Å². The maximum absolute atomic E-state index is 11.5. The molecule has 1 rings (SSSR count). The second kappa shape index (κ2) is 7.64. The second-order valence-corrected chi connectivity index (χ2v) is 5.24. The average Bonchev–Trinajstić information content (AvgIpc) is 2.42. The molecule has 0 aliphatic carbocycles. The standard InChI is InChI=1S/C15H21N2O4/c1-15(2,3)21-9-8-20-14(18)17-13(16)11-6-5-7-12(10-11)19-4/h5-6,10H,8-9H2,1-4H3,(H2,16,17,18). The van der Waals surface area contributed by atoms with E-state index in [1.165, 1.54) is 7.11 Å². The Kier molecular flexibility index (Phi) is 6.17. The Hall–Kier alpha value is -2.08. The van der Waals surface area contributed by atoms with Crippen LogP contribution in [0.25, 0.3) is 0 Å².